The van der Waals surface area contributed by atoms with Gasteiger partial charge in [-0.05, 0) is 106 Å². The van der Waals surface area contributed by atoms with Crippen molar-refractivity contribution in [2.45, 2.75) is 69.7 Å². The van der Waals surface area contributed by atoms with Crippen LogP contribution in [0.1, 0.15) is 48.7 Å². The molecule has 3 N–H and O–H groups in total. The number of piperidine rings is 1. The summed E-state index contributed by atoms with van der Waals surface area (Å²) in [5.74, 6) is -2.77. The molecule has 4 atom stereocenters. The topological polar surface area (TPSA) is 149 Å². The smallest absolute Gasteiger partial charge is 0.245 e. The monoisotopic (exact) mass is 925 g/mol. The maximum absolute atomic E-state index is 16.3. The second-order valence-electron chi connectivity index (χ2n) is 17.3. The highest BCUT2D eigenvalue weighted by Gasteiger charge is 2.43. The van der Waals surface area contributed by atoms with Gasteiger partial charge in [-0.2, -0.15) is 0 Å². The predicted molar refractivity (Wildman–Crippen MR) is 247 cm³/mol. The Morgan fingerprint density at radius 1 is 0.938 bits per heavy atom. The van der Waals surface area contributed by atoms with Gasteiger partial charge in [0.25, 0.3) is 0 Å². The molecule has 342 valence electrons. The average molecular weight is 927 g/mol. The summed E-state index contributed by atoms with van der Waals surface area (Å²) in [7, 11) is 5.88. The van der Waals surface area contributed by atoms with Crippen LogP contribution in [-0.4, -0.2) is 104 Å². The number of nitrogens with zero attached hydrogens (tertiary/aromatic N) is 5. The molecule has 2 bridgehead atoms. The lowest BCUT2D eigenvalue weighted by atomic mass is 9.81. The van der Waals surface area contributed by atoms with E-state index in [2.05, 4.69) is 15.6 Å². The van der Waals surface area contributed by atoms with Crippen molar-refractivity contribution in [3.05, 3.63) is 136 Å². The quantitative estimate of drug-likeness (QED) is 0.127. The zero-order valence-corrected chi connectivity index (χ0v) is 38.4. The van der Waals surface area contributed by atoms with Crippen LogP contribution in [0.4, 0.5) is 4.39 Å². The molecule has 4 aromatic carbocycles. The van der Waals surface area contributed by atoms with E-state index in [0.29, 0.717) is 43.1 Å². The van der Waals surface area contributed by atoms with E-state index in [9.17, 15) is 24.3 Å². The van der Waals surface area contributed by atoms with Gasteiger partial charge in [-0.1, -0.05) is 65.7 Å². The molecule has 2 saturated heterocycles. The first kappa shape index (κ1) is 47.2. The maximum Gasteiger partial charge on any atom is 0.245 e. The molecule has 13 nitrogen and oxygen atoms in total. The van der Waals surface area contributed by atoms with Crippen LogP contribution < -0.4 is 15.4 Å². The molecular weight excluding hydrogens is 872 g/mol. The summed E-state index contributed by atoms with van der Waals surface area (Å²) in [6, 6.07) is 23.5. The lowest BCUT2D eigenvalue weighted by Gasteiger charge is -2.45. The molecule has 0 unspecified atom stereocenters. The van der Waals surface area contributed by atoms with Crippen LogP contribution in [0.25, 0.3) is 11.3 Å². The number of amides is 4. The van der Waals surface area contributed by atoms with E-state index in [-0.39, 0.29) is 41.6 Å². The van der Waals surface area contributed by atoms with E-state index in [1.807, 2.05) is 85.2 Å². The lowest BCUT2D eigenvalue weighted by Crippen LogP contribution is -2.65. The van der Waals surface area contributed by atoms with Crippen molar-refractivity contribution in [2.24, 2.45) is 13.0 Å². The number of ether oxygens (including phenoxy) is 1. The van der Waals surface area contributed by atoms with Crippen LogP contribution in [-0.2, 0) is 52.2 Å². The number of fused-ring (bicyclic) bond motifs is 2. The highest BCUT2D eigenvalue weighted by atomic mass is 35.5. The SMILES string of the molecule is C[C@H]1C(=O)N[C@@H](CO)C(=O)N[C@@]2(Cc3ccc(Cl)cc3)CCCN(C2)C(=O)[C@H](Cc2ccccc2)CC(=O)N1Cc1c(F)cc(Cl)cc1Oc1ccc(-c2cnc(CN(C)C)n2C)cc1. The minimum Gasteiger partial charge on any atom is -0.457 e. The Bertz CT molecular complexity index is 2510. The number of aliphatic hydroxyl groups is 1. The Morgan fingerprint density at radius 2 is 1.66 bits per heavy atom. The van der Waals surface area contributed by atoms with Crippen LogP contribution in [0.15, 0.2) is 97.2 Å². The number of rotatable bonds is 12. The second kappa shape index (κ2) is 20.6. The van der Waals surface area contributed by atoms with Crippen molar-refractivity contribution >= 4 is 46.8 Å². The molecule has 0 aliphatic carbocycles. The number of hydrogen-bond acceptors (Lipinski definition) is 8. The van der Waals surface area contributed by atoms with E-state index >= 15 is 4.39 Å². The zero-order chi connectivity index (χ0) is 46.4. The molecule has 1 aromatic heterocycles. The van der Waals surface area contributed by atoms with Crippen molar-refractivity contribution in [3.8, 4) is 22.8 Å². The van der Waals surface area contributed by atoms with Crippen LogP contribution >= 0.6 is 23.2 Å². The molecule has 0 radical (unpaired) electrons. The van der Waals surface area contributed by atoms with Crippen molar-refractivity contribution < 1.29 is 33.4 Å². The van der Waals surface area contributed by atoms with E-state index < -0.39 is 60.2 Å². The summed E-state index contributed by atoms with van der Waals surface area (Å²) in [4.78, 5) is 67.5. The summed E-state index contributed by atoms with van der Waals surface area (Å²) < 4.78 is 24.5. The molecule has 2 aliphatic heterocycles. The summed E-state index contributed by atoms with van der Waals surface area (Å²) in [6.07, 6.45) is 3.06. The molecule has 16 heteroatoms. The van der Waals surface area contributed by atoms with Crippen LogP contribution in [0.5, 0.6) is 11.5 Å². The number of aromatic nitrogens is 2. The van der Waals surface area contributed by atoms with Gasteiger partial charge in [-0.3, -0.25) is 19.2 Å². The van der Waals surface area contributed by atoms with E-state index in [4.69, 9.17) is 27.9 Å². The van der Waals surface area contributed by atoms with Gasteiger partial charge in [-0.15, -0.1) is 0 Å². The number of carbonyl (C=O) groups is 4. The minimum atomic E-state index is -1.41. The third kappa shape index (κ3) is 11.4. The van der Waals surface area contributed by atoms with Crippen molar-refractivity contribution in [1.29, 1.82) is 0 Å². The summed E-state index contributed by atoms with van der Waals surface area (Å²) in [5.41, 5.74) is 2.40. The fourth-order valence-electron chi connectivity index (χ4n) is 8.71. The maximum atomic E-state index is 16.3. The van der Waals surface area contributed by atoms with Gasteiger partial charge in [0.15, 0.2) is 0 Å². The highest BCUT2D eigenvalue weighted by Crippen LogP contribution is 2.35. The Morgan fingerprint density at radius 3 is 2.35 bits per heavy atom. The number of hydrogen-bond donors (Lipinski definition) is 3. The largest absolute Gasteiger partial charge is 0.457 e. The average Bonchev–Trinajstić information content (AvgIpc) is 3.63. The Labute approximate surface area is 388 Å². The molecule has 2 aliphatic rings. The van der Waals surface area contributed by atoms with Crippen molar-refractivity contribution in [3.63, 3.8) is 0 Å². The third-order valence-corrected chi connectivity index (χ3v) is 12.6. The van der Waals surface area contributed by atoms with E-state index in [0.717, 1.165) is 34.3 Å². The molecule has 7 rings (SSSR count). The van der Waals surface area contributed by atoms with Gasteiger partial charge in [0, 0.05) is 47.7 Å². The van der Waals surface area contributed by atoms with E-state index in [1.165, 1.54) is 17.9 Å². The standard InChI is InChI=1S/C49H54Cl2FN7O6/c1-31-46(62)54-41(29-60)47(63)55-49(25-33-11-15-36(50)16-12-33)19-8-20-58(30-49)48(64)35(21-32-9-6-5-7-10-32)22-45(61)59(31)27-39-40(52)23-37(51)24-43(39)65-38-17-13-34(14-18-38)42-26-53-44(57(42)4)28-56(2)3/h5-7,9-18,23-24,26,31,35,41,60H,8,19-22,25,27-30H2,1-4H3,(H,54,62)(H,55,63)/t31-,35+,41-,49+/m0/s1. The summed E-state index contributed by atoms with van der Waals surface area (Å²) >= 11 is 12.6. The highest BCUT2D eigenvalue weighted by molar-refractivity contribution is 6.31. The molecule has 4 amide bonds. The number of carbonyl (C=O) groups excluding carboxylic acids is 4. The molecule has 0 saturated carbocycles. The summed E-state index contributed by atoms with van der Waals surface area (Å²) in [6.45, 7) is 1.39. The number of aliphatic hydroxyl groups excluding tert-OH is 1. The fourth-order valence-corrected chi connectivity index (χ4v) is 9.03. The second-order valence-corrected chi connectivity index (χ2v) is 18.2. The normalized spacial score (nSPS) is 21.0. The first-order chi connectivity index (χ1) is 31.1. The van der Waals surface area contributed by atoms with Gasteiger partial charge >= 0.3 is 0 Å². The minimum absolute atomic E-state index is 0.00577. The first-order valence-corrected chi connectivity index (χ1v) is 22.4. The molecule has 5 aromatic rings. The van der Waals surface area contributed by atoms with Gasteiger partial charge in [0.1, 0.15) is 35.2 Å². The molecule has 3 heterocycles. The number of benzene rings is 4. The van der Waals surface area contributed by atoms with Gasteiger partial charge in [0.2, 0.25) is 23.6 Å². The predicted octanol–water partition coefficient (Wildman–Crippen LogP) is 6.56. The Kier molecular flexibility index (Phi) is 14.9. The van der Waals surface area contributed by atoms with Gasteiger partial charge in [0.05, 0.1) is 43.0 Å². The lowest BCUT2D eigenvalue weighted by molar-refractivity contribution is -0.147. The Hall–Kier alpha value is -5.80. The molecule has 0 spiro atoms. The molecule has 65 heavy (non-hydrogen) atoms. The number of imidazole rings is 1. The van der Waals surface area contributed by atoms with Gasteiger partial charge in [-0.25, -0.2) is 9.37 Å². The third-order valence-electron chi connectivity index (χ3n) is 12.2. The summed E-state index contributed by atoms with van der Waals surface area (Å²) in [5, 5.41) is 16.9. The number of nitrogens with one attached hydrogen (secondary N) is 2. The van der Waals surface area contributed by atoms with Crippen LogP contribution in [0.3, 0.4) is 0 Å². The van der Waals surface area contributed by atoms with E-state index in [1.54, 1.807) is 35.4 Å². The van der Waals surface area contributed by atoms with Crippen molar-refractivity contribution in [2.75, 3.05) is 33.8 Å². The molecular formula is C49H54Cl2FN7O6. The van der Waals surface area contributed by atoms with Gasteiger partial charge < -0.3 is 39.7 Å². The molecule has 2 fully saturated rings. The van der Waals surface area contributed by atoms with Crippen molar-refractivity contribution in [1.82, 2.24) is 34.9 Å². The number of halogens is 3. The zero-order valence-electron chi connectivity index (χ0n) is 36.9. The fraction of sp³-hybridized carbons (Fsp3) is 0.367. The first-order valence-electron chi connectivity index (χ1n) is 21.6. The van der Waals surface area contributed by atoms with Crippen LogP contribution in [0.2, 0.25) is 10.0 Å². The Balaban J connectivity index is 1.22. The van der Waals surface area contributed by atoms with Crippen LogP contribution in [0, 0.1) is 11.7 Å².